The second-order valence-corrected chi connectivity index (χ2v) is 3.20. The van der Waals surface area contributed by atoms with Gasteiger partial charge in [0, 0.05) is 6.20 Å². The van der Waals surface area contributed by atoms with Crippen molar-refractivity contribution in [1.29, 1.82) is 0 Å². The minimum absolute atomic E-state index is 0.476. The highest BCUT2D eigenvalue weighted by Gasteiger charge is 1.98. The molecule has 0 radical (unpaired) electrons. The molecule has 2 rings (SSSR count). The first kappa shape index (κ1) is 6.84. The first-order chi connectivity index (χ1) is 5.27. The van der Waals surface area contributed by atoms with Gasteiger partial charge in [-0.1, -0.05) is 0 Å². The normalized spacial score (nSPS) is 10.6. The van der Waals surface area contributed by atoms with Gasteiger partial charge in [0.2, 0.25) is 5.95 Å². The maximum absolute atomic E-state index is 5.54. The Labute approximate surface area is 76.6 Å². The lowest BCUT2D eigenvalue weighted by Crippen LogP contribution is -1.95. The number of fused-ring (bicyclic) bond motifs is 1. The van der Waals surface area contributed by atoms with Crippen molar-refractivity contribution in [2.24, 2.45) is 0 Å². The van der Waals surface area contributed by atoms with Crippen molar-refractivity contribution >= 4 is 34.2 Å². The van der Waals surface area contributed by atoms with Crippen LogP contribution in [0.2, 0.25) is 0 Å². The van der Waals surface area contributed by atoms with E-state index in [1.807, 2.05) is 12.3 Å². The number of anilines is 1. The number of nitrogen functional groups attached to an aromatic ring is 1. The highest BCUT2D eigenvalue weighted by Crippen LogP contribution is 2.07. The zero-order valence-electron chi connectivity index (χ0n) is 5.53. The van der Waals surface area contributed by atoms with Crippen LogP contribution in [-0.2, 0) is 0 Å². The van der Waals surface area contributed by atoms with Crippen molar-refractivity contribution in [1.82, 2.24) is 14.4 Å². The minimum Gasteiger partial charge on any atom is -0.369 e. The summed E-state index contributed by atoms with van der Waals surface area (Å²) in [5, 5.41) is 0. The average Bonchev–Trinajstić information content (AvgIpc) is 2.32. The Balaban J connectivity index is 2.86. The molecule has 2 aromatic heterocycles. The van der Waals surface area contributed by atoms with Crippen LogP contribution < -0.4 is 5.73 Å². The highest BCUT2D eigenvalue weighted by molar-refractivity contribution is 14.1. The van der Waals surface area contributed by atoms with Crippen LogP contribution in [0.25, 0.3) is 5.65 Å². The topological polar surface area (TPSA) is 56.2 Å². The van der Waals surface area contributed by atoms with Gasteiger partial charge in [-0.2, -0.15) is 0 Å². The Morgan fingerprint density at radius 3 is 3.18 bits per heavy atom. The SMILES string of the molecule is Nc1ncc2nc(I)ccn12. The summed E-state index contributed by atoms with van der Waals surface area (Å²) < 4.78 is 2.68. The van der Waals surface area contributed by atoms with Crippen LogP contribution >= 0.6 is 22.6 Å². The maximum Gasteiger partial charge on any atom is 0.206 e. The molecule has 0 spiro atoms. The van der Waals surface area contributed by atoms with Gasteiger partial charge in [-0.05, 0) is 28.7 Å². The van der Waals surface area contributed by atoms with E-state index < -0.39 is 0 Å². The molecule has 0 fully saturated rings. The Morgan fingerprint density at radius 2 is 2.36 bits per heavy atom. The van der Waals surface area contributed by atoms with Gasteiger partial charge in [-0.3, -0.25) is 4.40 Å². The summed E-state index contributed by atoms with van der Waals surface area (Å²) in [5.41, 5.74) is 6.32. The van der Waals surface area contributed by atoms with Crippen LogP contribution in [-0.4, -0.2) is 14.4 Å². The van der Waals surface area contributed by atoms with Crippen molar-refractivity contribution in [3.8, 4) is 0 Å². The summed E-state index contributed by atoms with van der Waals surface area (Å²) in [7, 11) is 0. The van der Waals surface area contributed by atoms with Crippen molar-refractivity contribution in [2.75, 3.05) is 5.73 Å². The van der Waals surface area contributed by atoms with Gasteiger partial charge in [-0.15, -0.1) is 0 Å². The molecule has 0 aromatic carbocycles. The summed E-state index contributed by atoms with van der Waals surface area (Å²) in [6, 6.07) is 1.88. The van der Waals surface area contributed by atoms with E-state index >= 15 is 0 Å². The molecule has 0 bridgehead atoms. The smallest absolute Gasteiger partial charge is 0.206 e. The molecule has 0 aliphatic heterocycles. The number of hydrogen-bond acceptors (Lipinski definition) is 3. The molecule has 2 heterocycles. The van der Waals surface area contributed by atoms with Crippen molar-refractivity contribution < 1.29 is 0 Å². The Hall–Kier alpha value is -0.850. The van der Waals surface area contributed by atoms with Gasteiger partial charge in [0.15, 0.2) is 5.65 Å². The standard InChI is InChI=1S/C6H5IN4/c7-4-1-2-11-5(10-4)3-9-6(11)8/h1-3H,(H2,8,9). The Bertz CT molecular complexity index is 394. The fraction of sp³-hybridized carbons (Fsp3) is 0. The molecule has 56 valence electrons. The third-order valence-corrected chi connectivity index (χ3v) is 1.99. The molecule has 0 saturated heterocycles. The molecular formula is C6H5IN4. The van der Waals surface area contributed by atoms with Crippen LogP contribution in [0.4, 0.5) is 5.95 Å². The molecule has 0 amide bonds. The predicted molar refractivity (Wildman–Crippen MR) is 50.1 cm³/mol. The van der Waals surface area contributed by atoms with Crippen LogP contribution in [0.15, 0.2) is 18.5 Å². The van der Waals surface area contributed by atoms with Gasteiger partial charge in [0.25, 0.3) is 0 Å². The molecule has 0 aliphatic rings. The number of hydrogen-bond donors (Lipinski definition) is 1. The summed E-state index contributed by atoms with van der Waals surface area (Å²) in [4.78, 5) is 8.12. The van der Waals surface area contributed by atoms with Crippen molar-refractivity contribution in [3.05, 3.63) is 22.2 Å². The number of rotatable bonds is 0. The van der Waals surface area contributed by atoms with E-state index in [1.54, 1.807) is 10.6 Å². The van der Waals surface area contributed by atoms with E-state index in [9.17, 15) is 0 Å². The Kier molecular flexibility index (Phi) is 1.45. The number of imidazole rings is 1. The number of aromatic nitrogens is 3. The largest absolute Gasteiger partial charge is 0.369 e. The van der Waals surface area contributed by atoms with Crippen LogP contribution in [0.1, 0.15) is 0 Å². The van der Waals surface area contributed by atoms with E-state index in [-0.39, 0.29) is 0 Å². The van der Waals surface area contributed by atoms with Gasteiger partial charge in [0.1, 0.15) is 3.70 Å². The maximum atomic E-state index is 5.54. The first-order valence-corrected chi connectivity index (χ1v) is 4.10. The average molecular weight is 260 g/mol. The van der Waals surface area contributed by atoms with Gasteiger partial charge in [-0.25, -0.2) is 9.97 Å². The van der Waals surface area contributed by atoms with Crippen molar-refractivity contribution in [2.45, 2.75) is 0 Å². The number of nitrogens with two attached hydrogens (primary N) is 1. The molecule has 11 heavy (non-hydrogen) atoms. The second-order valence-electron chi connectivity index (χ2n) is 2.09. The fourth-order valence-corrected chi connectivity index (χ4v) is 1.29. The first-order valence-electron chi connectivity index (χ1n) is 3.02. The quantitative estimate of drug-likeness (QED) is 0.566. The van der Waals surface area contributed by atoms with Crippen molar-refractivity contribution in [3.63, 3.8) is 0 Å². The molecule has 0 unspecified atom stereocenters. The molecular weight excluding hydrogens is 255 g/mol. The fourth-order valence-electron chi connectivity index (χ4n) is 0.884. The summed E-state index contributed by atoms with van der Waals surface area (Å²) in [6.45, 7) is 0. The lowest BCUT2D eigenvalue weighted by molar-refractivity contribution is 1.11. The van der Waals surface area contributed by atoms with E-state index in [0.29, 0.717) is 5.95 Å². The van der Waals surface area contributed by atoms with Crippen LogP contribution in [0.3, 0.4) is 0 Å². The minimum atomic E-state index is 0.476. The van der Waals surface area contributed by atoms with Crippen LogP contribution in [0.5, 0.6) is 0 Å². The highest BCUT2D eigenvalue weighted by atomic mass is 127. The third kappa shape index (κ3) is 1.05. The zero-order chi connectivity index (χ0) is 7.84. The van der Waals surface area contributed by atoms with Gasteiger partial charge < -0.3 is 5.73 Å². The van der Waals surface area contributed by atoms with Gasteiger partial charge >= 0.3 is 0 Å². The molecule has 5 heteroatoms. The Morgan fingerprint density at radius 1 is 1.55 bits per heavy atom. The summed E-state index contributed by atoms with van der Waals surface area (Å²) in [6.07, 6.45) is 3.50. The van der Waals surface area contributed by atoms with Crippen LogP contribution in [0, 0.1) is 3.70 Å². The summed E-state index contributed by atoms with van der Waals surface area (Å²) >= 11 is 2.14. The number of nitrogens with zero attached hydrogens (tertiary/aromatic N) is 3. The molecule has 0 saturated carbocycles. The zero-order valence-corrected chi connectivity index (χ0v) is 7.69. The third-order valence-electron chi connectivity index (χ3n) is 1.39. The van der Waals surface area contributed by atoms with E-state index in [0.717, 1.165) is 9.35 Å². The second kappa shape index (κ2) is 2.33. The lowest BCUT2D eigenvalue weighted by Gasteiger charge is -1.93. The molecule has 2 N–H and O–H groups in total. The monoisotopic (exact) mass is 260 g/mol. The van der Waals surface area contributed by atoms with E-state index in [1.165, 1.54) is 0 Å². The molecule has 0 atom stereocenters. The number of halogens is 1. The molecule has 0 aliphatic carbocycles. The van der Waals surface area contributed by atoms with E-state index in [4.69, 9.17) is 5.73 Å². The van der Waals surface area contributed by atoms with E-state index in [2.05, 4.69) is 32.6 Å². The molecule has 4 nitrogen and oxygen atoms in total. The van der Waals surface area contributed by atoms with Gasteiger partial charge in [0.05, 0.1) is 6.20 Å². The predicted octanol–water partition coefficient (Wildman–Crippen LogP) is 0.916. The summed E-state index contributed by atoms with van der Waals surface area (Å²) in [5.74, 6) is 0.476. The molecule has 2 aromatic rings. The lowest BCUT2D eigenvalue weighted by atomic mass is 10.6.